The van der Waals surface area contributed by atoms with Crippen LogP contribution in [0.5, 0.6) is 5.75 Å². The van der Waals surface area contributed by atoms with Gasteiger partial charge in [0.1, 0.15) is 11.6 Å². The summed E-state index contributed by atoms with van der Waals surface area (Å²) < 4.78 is 19.0. The average molecular weight is 365 g/mol. The van der Waals surface area contributed by atoms with Crippen molar-refractivity contribution >= 4 is 17.5 Å². The number of benzene rings is 2. The number of methoxy groups -OCH3 is 1. The normalized spacial score (nSPS) is 12.1. The fraction of sp³-hybridized carbons (Fsp3) is 0.316. The van der Waals surface area contributed by atoms with Crippen LogP contribution in [0.2, 0.25) is 5.02 Å². The van der Waals surface area contributed by atoms with Crippen molar-refractivity contribution in [3.05, 3.63) is 64.4 Å². The van der Waals surface area contributed by atoms with Crippen LogP contribution in [-0.4, -0.2) is 31.0 Å². The zero-order valence-corrected chi connectivity index (χ0v) is 15.3. The number of carbonyl (C=O) groups excluding carboxylic acids is 1. The summed E-state index contributed by atoms with van der Waals surface area (Å²) in [6.45, 7) is 2.45. The Bertz CT molecular complexity index is 702. The van der Waals surface area contributed by atoms with E-state index in [0.717, 1.165) is 11.3 Å². The van der Waals surface area contributed by atoms with Gasteiger partial charge in [-0.25, -0.2) is 4.39 Å². The summed E-state index contributed by atoms with van der Waals surface area (Å²) in [5.41, 5.74) is 1.36. The minimum Gasteiger partial charge on any atom is -0.497 e. The van der Waals surface area contributed by atoms with Crippen molar-refractivity contribution in [2.75, 3.05) is 14.2 Å². The van der Waals surface area contributed by atoms with E-state index < -0.39 is 6.04 Å². The van der Waals surface area contributed by atoms with Crippen molar-refractivity contribution in [1.82, 2.24) is 10.2 Å². The molecule has 0 unspecified atom stereocenters. The van der Waals surface area contributed by atoms with Crippen molar-refractivity contribution in [1.29, 1.82) is 0 Å². The van der Waals surface area contributed by atoms with Crippen molar-refractivity contribution in [3.8, 4) is 5.75 Å². The predicted octanol–water partition coefficient (Wildman–Crippen LogP) is 3.62. The molecule has 6 heteroatoms. The first kappa shape index (κ1) is 19.2. The Morgan fingerprint density at radius 1 is 1.28 bits per heavy atom. The zero-order valence-electron chi connectivity index (χ0n) is 14.6. The molecular formula is C19H22ClFN2O2. The van der Waals surface area contributed by atoms with Crippen LogP contribution in [0.15, 0.2) is 42.5 Å². The van der Waals surface area contributed by atoms with Gasteiger partial charge >= 0.3 is 0 Å². The molecule has 0 aliphatic heterocycles. The molecule has 2 aromatic rings. The Kier molecular flexibility index (Phi) is 6.79. The summed E-state index contributed by atoms with van der Waals surface area (Å²) in [5, 5.41) is 3.24. The molecule has 0 fully saturated rings. The van der Waals surface area contributed by atoms with Crippen LogP contribution in [0, 0.1) is 5.82 Å². The standard InChI is InChI=1S/C19H22ClFN2O2/c1-13(23(2)12-16-17(20)5-4-6-18(16)21)19(24)22-11-14-7-9-15(25-3)10-8-14/h4-10,13H,11-12H2,1-3H3,(H,22,24)/t13-/m0/s1. The van der Waals surface area contributed by atoms with Crippen molar-refractivity contribution in [3.63, 3.8) is 0 Å². The molecule has 0 bridgehead atoms. The van der Waals surface area contributed by atoms with Crippen LogP contribution in [-0.2, 0) is 17.9 Å². The molecule has 0 aliphatic rings. The van der Waals surface area contributed by atoms with Crippen LogP contribution in [0.25, 0.3) is 0 Å². The summed E-state index contributed by atoms with van der Waals surface area (Å²) >= 11 is 6.05. The number of ether oxygens (including phenoxy) is 1. The fourth-order valence-electron chi connectivity index (χ4n) is 2.35. The van der Waals surface area contributed by atoms with Crippen molar-refractivity contribution < 1.29 is 13.9 Å². The number of rotatable bonds is 7. The van der Waals surface area contributed by atoms with E-state index in [0.29, 0.717) is 17.1 Å². The quantitative estimate of drug-likeness (QED) is 0.815. The average Bonchev–Trinajstić information content (AvgIpc) is 2.62. The van der Waals surface area contributed by atoms with Gasteiger partial charge in [0.15, 0.2) is 0 Å². The SMILES string of the molecule is COc1ccc(CNC(=O)[C@H](C)N(C)Cc2c(F)cccc2Cl)cc1. The topological polar surface area (TPSA) is 41.6 Å². The molecular weight excluding hydrogens is 343 g/mol. The van der Waals surface area contributed by atoms with Gasteiger partial charge in [-0.3, -0.25) is 9.69 Å². The van der Waals surface area contributed by atoms with Crippen LogP contribution in [0.4, 0.5) is 4.39 Å². The molecule has 0 spiro atoms. The highest BCUT2D eigenvalue weighted by Crippen LogP contribution is 2.21. The lowest BCUT2D eigenvalue weighted by atomic mass is 10.1. The Labute approximate surface area is 152 Å². The maximum Gasteiger partial charge on any atom is 0.237 e. The summed E-state index contributed by atoms with van der Waals surface area (Å²) in [5.74, 6) is 0.265. The molecule has 0 radical (unpaired) electrons. The molecule has 2 rings (SSSR count). The first-order valence-corrected chi connectivity index (χ1v) is 8.34. The number of amides is 1. The summed E-state index contributed by atoms with van der Waals surface area (Å²) in [4.78, 5) is 14.1. The lowest BCUT2D eigenvalue weighted by Gasteiger charge is -2.24. The number of carbonyl (C=O) groups is 1. The van der Waals surface area contributed by atoms with E-state index in [2.05, 4.69) is 5.32 Å². The number of nitrogens with zero attached hydrogens (tertiary/aromatic N) is 1. The largest absolute Gasteiger partial charge is 0.497 e. The smallest absolute Gasteiger partial charge is 0.237 e. The molecule has 0 aromatic heterocycles. The summed E-state index contributed by atoms with van der Waals surface area (Å²) in [6, 6.07) is 11.6. The monoisotopic (exact) mass is 364 g/mol. The molecule has 1 atom stereocenters. The molecule has 2 aromatic carbocycles. The molecule has 0 heterocycles. The molecule has 0 aliphatic carbocycles. The second-order valence-electron chi connectivity index (χ2n) is 5.86. The van der Waals surface area contributed by atoms with Gasteiger partial charge in [-0.15, -0.1) is 0 Å². The van der Waals surface area contributed by atoms with E-state index in [1.54, 1.807) is 38.1 Å². The van der Waals surface area contributed by atoms with E-state index in [9.17, 15) is 9.18 Å². The fourth-order valence-corrected chi connectivity index (χ4v) is 2.57. The highest BCUT2D eigenvalue weighted by Gasteiger charge is 2.20. The third kappa shape index (κ3) is 5.18. The molecule has 4 nitrogen and oxygen atoms in total. The Morgan fingerprint density at radius 3 is 2.56 bits per heavy atom. The number of likely N-dealkylation sites (N-methyl/N-ethyl adjacent to an activating group) is 1. The minimum atomic E-state index is -0.422. The maximum atomic E-state index is 13.9. The zero-order chi connectivity index (χ0) is 18.4. The number of halogens is 2. The van der Waals surface area contributed by atoms with Crippen LogP contribution in [0.1, 0.15) is 18.1 Å². The van der Waals surface area contributed by atoms with Gasteiger partial charge in [0.2, 0.25) is 5.91 Å². The van der Waals surface area contributed by atoms with Gasteiger partial charge in [0, 0.05) is 23.7 Å². The van der Waals surface area contributed by atoms with E-state index in [1.165, 1.54) is 6.07 Å². The van der Waals surface area contributed by atoms with Gasteiger partial charge < -0.3 is 10.1 Å². The number of hydrogen-bond acceptors (Lipinski definition) is 3. The van der Waals surface area contributed by atoms with Crippen LogP contribution in [0.3, 0.4) is 0 Å². The molecule has 1 N–H and O–H groups in total. The molecule has 1 amide bonds. The lowest BCUT2D eigenvalue weighted by molar-refractivity contribution is -0.125. The first-order chi connectivity index (χ1) is 11.9. The number of nitrogens with one attached hydrogen (secondary N) is 1. The third-order valence-corrected chi connectivity index (χ3v) is 4.49. The molecule has 0 saturated carbocycles. The van der Waals surface area contributed by atoms with Crippen LogP contribution >= 0.6 is 11.6 Å². The second kappa shape index (κ2) is 8.83. The second-order valence-corrected chi connectivity index (χ2v) is 6.26. The van der Waals surface area contributed by atoms with E-state index in [4.69, 9.17) is 16.3 Å². The summed E-state index contributed by atoms with van der Waals surface area (Å²) in [6.07, 6.45) is 0. The summed E-state index contributed by atoms with van der Waals surface area (Å²) in [7, 11) is 3.37. The van der Waals surface area contributed by atoms with Crippen molar-refractivity contribution in [2.24, 2.45) is 0 Å². The lowest BCUT2D eigenvalue weighted by Crippen LogP contribution is -2.42. The van der Waals surface area contributed by atoms with E-state index in [-0.39, 0.29) is 18.3 Å². The first-order valence-electron chi connectivity index (χ1n) is 7.96. The van der Waals surface area contributed by atoms with Gasteiger partial charge in [0.25, 0.3) is 0 Å². The Balaban J connectivity index is 1.92. The predicted molar refractivity (Wildman–Crippen MR) is 97.2 cm³/mol. The van der Waals surface area contributed by atoms with Crippen molar-refractivity contribution in [2.45, 2.75) is 26.1 Å². The minimum absolute atomic E-state index is 0.134. The Hall–Kier alpha value is -2.11. The molecule has 25 heavy (non-hydrogen) atoms. The maximum absolute atomic E-state index is 13.9. The third-order valence-electron chi connectivity index (χ3n) is 4.14. The van der Waals surface area contributed by atoms with Crippen LogP contribution < -0.4 is 10.1 Å². The highest BCUT2D eigenvalue weighted by atomic mass is 35.5. The van der Waals surface area contributed by atoms with Gasteiger partial charge in [-0.05, 0) is 43.8 Å². The molecule has 134 valence electrons. The molecule has 0 saturated heterocycles. The van der Waals surface area contributed by atoms with Gasteiger partial charge in [0.05, 0.1) is 13.2 Å². The number of hydrogen-bond donors (Lipinski definition) is 1. The van der Waals surface area contributed by atoms with E-state index >= 15 is 0 Å². The van der Waals surface area contributed by atoms with E-state index in [1.807, 2.05) is 24.3 Å². The van der Waals surface area contributed by atoms with Gasteiger partial charge in [-0.1, -0.05) is 29.8 Å². The Morgan fingerprint density at radius 2 is 1.96 bits per heavy atom. The highest BCUT2D eigenvalue weighted by molar-refractivity contribution is 6.31. The van der Waals surface area contributed by atoms with Gasteiger partial charge in [-0.2, -0.15) is 0 Å².